The molecule has 2 N–H and O–H groups in total. The molecule has 1 fully saturated rings. The molecule has 1 aromatic heterocycles. The number of carbonyl (C=O) groups excluding carboxylic acids is 1. The lowest BCUT2D eigenvalue weighted by Crippen LogP contribution is -2.44. The Balaban J connectivity index is 1.42. The van der Waals surface area contributed by atoms with Gasteiger partial charge in [-0.3, -0.25) is 9.69 Å². The fraction of sp³-hybridized carbons (Fsp3) is 0.400. The van der Waals surface area contributed by atoms with Gasteiger partial charge in [0, 0.05) is 25.8 Å². The van der Waals surface area contributed by atoms with Crippen LogP contribution in [0.2, 0.25) is 0 Å². The van der Waals surface area contributed by atoms with Gasteiger partial charge in [0.05, 0.1) is 6.04 Å². The van der Waals surface area contributed by atoms with Gasteiger partial charge >= 0.3 is 0 Å². The Morgan fingerprint density at radius 1 is 1.24 bits per heavy atom. The summed E-state index contributed by atoms with van der Waals surface area (Å²) in [6, 6.07) is 15.8. The standard InChI is InChI=1S/C20H26N4O/c1-16(20(25)23-13-17-7-3-2-4-8-17)24-12-10-18(15-24)14-22-19-9-5-6-11-21-19/h2-9,11,16,18H,10,12-15H2,1H3,(H,21,22)(H,23,25)/t16-,18-/m0/s1. The lowest BCUT2D eigenvalue weighted by atomic mass is 10.1. The average Bonchev–Trinajstić information content (AvgIpc) is 3.14. The van der Waals surface area contributed by atoms with Crippen LogP contribution in [0.3, 0.4) is 0 Å². The van der Waals surface area contributed by atoms with Gasteiger partial charge in [-0.1, -0.05) is 36.4 Å². The number of hydrogen-bond donors (Lipinski definition) is 2. The molecular weight excluding hydrogens is 312 g/mol. The predicted molar refractivity (Wildman–Crippen MR) is 100 cm³/mol. The van der Waals surface area contributed by atoms with Crippen molar-refractivity contribution in [3.63, 3.8) is 0 Å². The monoisotopic (exact) mass is 338 g/mol. The van der Waals surface area contributed by atoms with Crippen LogP contribution in [0.4, 0.5) is 5.82 Å². The van der Waals surface area contributed by atoms with Gasteiger partial charge in [0.25, 0.3) is 0 Å². The van der Waals surface area contributed by atoms with Gasteiger partial charge in [-0.25, -0.2) is 4.98 Å². The maximum absolute atomic E-state index is 12.4. The summed E-state index contributed by atoms with van der Waals surface area (Å²) < 4.78 is 0. The van der Waals surface area contributed by atoms with Crippen LogP contribution in [0.15, 0.2) is 54.7 Å². The van der Waals surface area contributed by atoms with E-state index in [2.05, 4.69) is 20.5 Å². The van der Waals surface area contributed by atoms with Crippen molar-refractivity contribution in [3.8, 4) is 0 Å². The zero-order chi connectivity index (χ0) is 17.5. The van der Waals surface area contributed by atoms with Crippen molar-refractivity contribution in [2.75, 3.05) is 25.0 Å². The van der Waals surface area contributed by atoms with Gasteiger partial charge in [-0.2, -0.15) is 0 Å². The van der Waals surface area contributed by atoms with E-state index in [-0.39, 0.29) is 11.9 Å². The first-order valence-electron chi connectivity index (χ1n) is 8.93. The van der Waals surface area contributed by atoms with Crippen LogP contribution in [0.5, 0.6) is 0 Å². The molecule has 132 valence electrons. The van der Waals surface area contributed by atoms with Gasteiger partial charge in [-0.05, 0) is 43.5 Å². The molecule has 1 saturated heterocycles. The topological polar surface area (TPSA) is 57.3 Å². The minimum Gasteiger partial charge on any atom is -0.370 e. The Morgan fingerprint density at radius 2 is 2.04 bits per heavy atom. The molecule has 0 aliphatic carbocycles. The largest absolute Gasteiger partial charge is 0.370 e. The summed E-state index contributed by atoms with van der Waals surface area (Å²) in [5.41, 5.74) is 1.13. The van der Waals surface area contributed by atoms with Crippen molar-refractivity contribution in [2.24, 2.45) is 5.92 Å². The highest BCUT2D eigenvalue weighted by Gasteiger charge is 2.29. The summed E-state index contributed by atoms with van der Waals surface area (Å²) in [6.45, 7) is 5.39. The third-order valence-electron chi connectivity index (χ3n) is 4.79. The van der Waals surface area contributed by atoms with E-state index in [1.54, 1.807) is 6.20 Å². The van der Waals surface area contributed by atoms with Gasteiger partial charge < -0.3 is 10.6 Å². The van der Waals surface area contributed by atoms with Crippen LogP contribution in [0, 0.1) is 5.92 Å². The quantitative estimate of drug-likeness (QED) is 0.814. The van der Waals surface area contributed by atoms with Crippen molar-refractivity contribution in [1.82, 2.24) is 15.2 Å². The molecule has 1 aliphatic rings. The molecule has 2 heterocycles. The van der Waals surface area contributed by atoms with E-state index in [1.165, 1.54) is 0 Å². The van der Waals surface area contributed by atoms with Crippen molar-refractivity contribution in [3.05, 3.63) is 60.3 Å². The fourth-order valence-corrected chi connectivity index (χ4v) is 3.20. The van der Waals surface area contributed by atoms with Crippen LogP contribution < -0.4 is 10.6 Å². The number of rotatable bonds is 7. The molecular formula is C20H26N4O. The lowest BCUT2D eigenvalue weighted by molar-refractivity contribution is -0.125. The SMILES string of the molecule is C[C@@H](C(=O)NCc1ccccc1)N1CC[C@@H](CNc2ccccn2)C1. The maximum atomic E-state index is 12.4. The van der Waals surface area contributed by atoms with E-state index in [4.69, 9.17) is 0 Å². The first-order valence-corrected chi connectivity index (χ1v) is 8.93. The number of amides is 1. The zero-order valence-corrected chi connectivity index (χ0v) is 14.7. The number of likely N-dealkylation sites (tertiary alicyclic amines) is 1. The molecule has 5 nitrogen and oxygen atoms in total. The van der Waals surface area contributed by atoms with Gasteiger partial charge in [0.1, 0.15) is 5.82 Å². The first-order chi connectivity index (χ1) is 12.2. The molecule has 25 heavy (non-hydrogen) atoms. The summed E-state index contributed by atoms with van der Waals surface area (Å²) in [4.78, 5) is 19.0. The summed E-state index contributed by atoms with van der Waals surface area (Å²) in [6.07, 6.45) is 2.90. The smallest absolute Gasteiger partial charge is 0.237 e. The molecule has 0 radical (unpaired) electrons. The Kier molecular flexibility index (Phi) is 6.01. The van der Waals surface area contributed by atoms with Crippen LogP contribution in [0.25, 0.3) is 0 Å². The van der Waals surface area contributed by atoms with E-state index >= 15 is 0 Å². The van der Waals surface area contributed by atoms with Crippen LogP contribution >= 0.6 is 0 Å². The third kappa shape index (κ3) is 5.03. The fourth-order valence-electron chi connectivity index (χ4n) is 3.20. The van der Waals surface area contributed by atoms with Crippen molar-refractivity contribution >= 4 is 11.7 Å². The van der Waals surface area contributed by atoms with Gasteiger partial charge in [0.15, 0.2) is 0 Å². The molecule has 0 unspecified atom stereocenters. The number of anilines is 1. The summed E-state index contributed by atoms with van der Waals surface area (Å²) >= 11 is 0. The van der Waals surface area contributed by atoms with E-state index in [1.807, 2.05) is 55.5 Å². The molecule has 3 rings (SSSR count). The van der Waals surface area contributed by atoms with E-state index in [0.717, 1.165) is 37.4 Å². The Labute approximate surface area is 149 Å². The Bertz CT molecular complexity index is 662. The number of nitrogens with zero attached hydrogens (tertiary/aromatic N) is 2. The number of hydrogen-bond acceptors (Lipinski definition) is 4. The number of carbonyl (C=O) groups is 1. The van der Waals surface area contributed by atoms with E-state index in [0.29, 0.717) is 12.5 Å². The zero-order valence-electron chi connectivity index (χ0n) is 14.7. The van der Waals surface area contributed by atoms with Crippen LogP contribution in [-0.4, -0.2) is 41.5 Å². The highest BCUT2D eigenvalue weighted by atomic mass is 16.2. The Hall–Kier alpha value is -2.40. The average molecular weight is 338 g/mol. The Morgan fingerprint density at radius 3 is 2.80 bits per heavy atom. The molecule has 5 heteroatoms. The predicted octanol–water partition coefficient (Wildman–Crippen LogP) is 2.52. The second-order valence-corrected chi connectivity index (χ2v) is 6.62. The number of nitrogens with one attached hydrogen (secondary N) is 2. The molecule has 0 saturated carbocycles. The van der Waals surface area contributed by atoms with Crippen molar-refractivity contribution < 1.29 is 4.79 Å². The molecule has 1 aliphatic heterocycles. The van der Waals surface area contributed by atoms with E-state index < -0.39 is 0 Å². The molecule has 1 amide bonds. The maximum Gasteiger partial charge on any atom is 0.237 e. The second-order valence-electron chi connectivity index (χ2n) is 6.62. The van der Waals surface area contributed by atoms with Gasteiger partial charge in [0.2, 0.25) is 5.91 Å². The number of pyridine rings is 1. The lowest BCUT2D eigenvalue weighted by Gasteiger charge is -2.23. The highest BCUT2D eigenvalue weighted by Crippen LogP contribution is 2.19. The number of benzene rings is 1. The molecule has 2 aromatic rings. The van der Waals surface area contributed by atoms with Gasteiger partial charge in [-0.15, -0.1) is 0 Å². The molecule has 0 bridgehead atoms. The minimum atomic E-state index is -0.0939. The first kappa shape index (κ1) is 17.4. The third-order valence-corrected chi connectivity index (χ3v) is 4.79. The summed E-state index contributed by atoms with van der Waals surface area (Å²) in [5, 5.41) is 6.43. The minimum absolute atomic E-state index is 0.0939. The normalized spacial score (nSPS) is 18.7. The molecule has 2 atom stereocenters. The van der Waals surface area contributed by atoms with Crippen molar-refractivity contribution in [1.29, 1.82) is 0 Å². The summed E-state index contributed by atoms with van der Waals surface area (Å²) in [7, 11) is 0. The van der Waals surface area contributed by atoms with E-state index in [9.17, 15) is 4.79 Å². The van der Waals surface area contributed by atoms with Crippen LogP contribution in [0.1, 0.15) is 18.9 Å². The van der Waals surface area contributed by atoms with Crippen molar-refractivity contribution in [2.45, 2.75) is 25.9 Å². The summed E-state index contributed by atoms with van der Waals surface area (Å²) in [5.74, 6) is 1.56. The highest BCUT2D eigenvalue weighted by molar-refractivity contribution is 5.81. The second kappa shape index (κ2) is 8.62. The number of aromatic nitrogens is 1. The van der Waals surface area contributed by atoms with Crippen LogP contribution in [-0.2, 0) is 11.3 Å². The molecule has 0 spiro atoms. The molecule has 1 aromatic carbocycles.